The Hall–Kier alpha value is -9.30. The van der Waals surface area contributed by atoms with Crippen LogP contribution in [0.3, 0.4) is 0 Å². The predicted octanol–water partition coefficient (Wildman–Crippen LogP) is 20.9. The maximum atomic E-state index is 7.20. The number of fused-ring (bicyclic) bond motifs is 16. The van der Waals surface area contributed by atoms with Gasteiger partial charge in [-0.3, -0.25) is 0 Å². The average molecular weight is 1170 g/mol. The van der Waals surface area contributed by atoms with E-state index in [1.807, 2.05) is 11.3 Å². The van der Waals surface area contributed by atoms with E-state index in [0.717, 1.165) is 52.6 Å². The van der Waals surface area contributed by atoms with Gasteiger partial charge in [-0.05, 0) is 162 Å². The van der Waals surface area contributed by atoms with Crippen molar-refractivity contribution in [2.24, 2.45) is 0 Å². The molecule has 0 bridgehead atoms. The first-order valence-electron chi connectivity index (χ1n) is 32.4. The molecule has 89 heavy (non-hydrogen) atoms. The summed E-state index contributed by atoms with van der Waals surface area (Å²) in [6.07, 6.45) is 9.34. The van der Waals surface area contributed by atoms with Gasteiger partial charge in [0.25, 0.3) is 6.71 Å². The van der Waals surface area contributed by atoms with Crippen LogP contribution in [0.15, 0.2) is 241 Å². The molecule has 19 rings (SSSR count). The Morgan fingerprint density at radius 3 is 1.65 bits per heavy atom. The number of benzene rings is 11. The van der Waals surface area contributed by atoms with Crippen LogP contribution >= 0.6 is 11.3 Å². The highest BCUT2D eigenvalue weighted by Gasteiger charge is 2.60. The molecule has 13 aromatic rings. The Morgan fingerprint density at radius 2 is 0.899 bits per heavy atom. The van der Waals surface area contributed by atoms with E-state index >= 15 is 0 Å². The normalized spacial score (nSPS) is 22.1. The van der Waals surface area contributed by atoms with Crippen LogP contribution in [-0.2, 0) is 10.8 Å². The van der Waals surface area contributed by atoms with Gasteiger partial charge in [0, 0.05) is 82.6 Å². The van der Waals surface area contributed by atoms with Gasteiger partial charge in [-0.15, -0.1) is 11.3 Å². The minimum absolute atomic E-state index is 0.000952. The highest BCUT2D eigenvalue weighted by Crippen LogP contribution is 2.64. The van der Waals surface area contributed by atoms with Crippen molar-refractivity contribution < 1.29 is 4.42 Å². The summed E-state index contributed by atoms with van der Waals surface area (Å²) in [7, 11) is 0. The molecule has 2 fully saturated rings. The fourth-order valence-electron chi connectivity index (χ4n) is 18.4. The topological polar surface area (TPSA) is 26.1 Å². The molecule has 4 aliphatic heterocycles. The molecule has 7 heteroatoms. The zero-order valence-electron chi connectivity index (χ0n) is 50.9. The van der Waals surface area contributed by atoms with Gasteiger partial charge in [0.1, 0.15) is 5.58 Å². The van der Waals surface area contributed by atoms with E-state index < -0.39 is 0 Å². The monoisotopic (exact) mass is 1170 g/mol. The third kappa shape index (κ3) is 6.92. The molecule has 2 saturated carbocycles. The van der Waals surface area contributed by atoms with E-state index in [9.17, 15) is 0 Å². The Labute approximate surface area is 525 Å². The maximum Gasteiger partial charge on any atom is 0.252 e. The second kappa shape index (κ2) is 18.6. The molecule has 5 nitrogen and oxygen atoms in total. The van der Waals surface area contributed by atoms with Crippen LogP contribution in [0.5, 0.6) is 0 Å². The molecule has 3 unspecified atom stereocenters. The van der Waals surface area contributed by atoms with Crippen LogP contribution in [0.25, 0.3) is 64.4 Å². The molecule has 2 aliphatic carbocycles. The number of anilines is 10. The van der Waals surface area contributed by atoms with E-state index in [2.05, 4.69) is 284 Å². The molecule has 0 saturated heterocycles. The standard InChI is InChI=1S/C82H67BN4OS/c1-79-43-17-19-45-81(79,3)86(66-32-14-13-31-62(66)79)56-39-41-65-71(49-56)85(69-34-22-30-61-59-28-12-16-36-75(59)89-78(61)69)73-51-57(87-67-42-38-54(52-23-7-5-8-24-52)47-63(67)80(2)44-18-20-46-82(80,87)4)50-72-76(73)83(65)64-40-37-55(53-25-9-6-10-26-53)48-70(64)84(72)68-33-21-29-60-58-27-11-15-35-74(58)88-77(60)68/h5-16,21-42,47-51H,17-20,43-46H2,1-4H3/t79?,80-,81?,82?/m0/s1. The average Bonchev–Trinajstić information content (AvgIpc) is 1.70. The first-order valence-corrected chi connectivity index (χ1v) is 33.3. The molecule has 430 valence electrons. The van der Waals surface area contributed by atoms with Crippen LogP contribution in [0.1, 0.15) is 90.2 Å². The molecule has 0 spiro atoms. The number of nitrogens with zero attached hydrogens (tertiary/aromatic N) is 4. The predicted molar refractivity (Wildman–Crippen MR) is 377 cm³/mol. The Bertz CT molecular complexity index is 5130. The lowest BCUT2D eigenvalue weighted by Gasteiger charge is -2.51. The number of para-hydroxylation sites is 3. The number of thiophene rings is 1. The van der Waals surface area contributed by atoms with Crippen LogP contribution in [-0.4, -0.2) is 17.8 Å². The third-order valence-electron chi connectivity index (χ3n) is 23.1. The molecule has 6 aliphatic rings. The smallest absolute Gasteiger partial charge is 0.252 e. The fourth-order valence-corrected chi connectivity index (χ4v) is 19.6. The lowest BCUT2D eigenvalue weighted by atomic mass is 9.33. The second-order valence-electron chi connectivity index (χ2n) is 27.3. The molecular formula is C82H67BN4OS. The summed E-state index contributed by atoms with van der Waals surface area (Å²) >= 11 is 1.93. The van der Waals surface area contributed by atoms with E-state index in [4.69, 9.17) is 4.42 Å². The van der Waals surface area contributed by atoms with Crippen molar-refractivity contribution in [2.45, 2.75) is 101 Å². The number of rotatable bonds is 6. The first-order chi connectivity index (χ1) is 43.6. The van der Waals surface area contributed by atoms with Crippen LogP contribution in [0, 0.1) is 0 Å². The highest BCUT2D eigenvalue weighted by atomic mass is 32.1. The summed E-state index contributed by atoms with van der Waals surface area (Å²) in [6.45, 7) is 10.2. The summed E-state index contributed by atoms with van der Waals surface area (Å²) < 4.78 is 9.79. The molecule has 6 heterocycles. The quantitative estimate of drug-likeness (QED) is 0.155. The first kappa shape index (κ1) is 51.7. The van der Waals surface area contributed by atoms with E-state index in [-0.39, 0.29) is 28.6 Å². The second-order valence-corrected chi connectivity index (χ2v) is 28.4. The van der Waals surface area contributed by atoms with Gasteiger partial charge in [-0.2, -0.15) is 0 Å². The molecule has 4 atom stereocenters. The summed E-state index contributed by atoms with van der Waals surface area (Å²) in [5, 5.41) is 4.82. The van der Waals surface area contributed by atoms with Crippen molar-refractivity contribution >= 4 is 133 Å². The van der Waals surface area contributed by atoms with E-state index in [0.29, 0.717) is 0 Å². The molecule has 0 N–H and O–H groups in total. The van der Waals surface area contributed by atoms with Crippen LogP contribution < -0.4 is 36.0 Å². The van der Waals surface area contributed by atoms with Crippen molar-refractivity contribution in [3.05, 3.63) is 248 Å². The molecule has 0 radical (unpaired) electrons. The molecule has 11 aromatic carbocycles. The Morgan fingerprint density at radius 1 is 0.371 bits per heavy atom. The Kier molecular flexibility index (Phi) is 10.8. The lowest BCUT2D eigenvalue weighted by Crippen LogP contribution is -2.61. The van der Waals surface area contributed by atoms with Gasteiger partial charge in [-0.1, -0.05) is 203 Å². The Balaban J connectivity index is 0.949. The zero-order valence-corrected chi connectivity index (χ0v) is 51.7. The SMILES string of the molecule is CC12CCCCC1(C)N(c1ccc3c(c1)N(c1cccc4c1sc1ccccc14)c1cc(N4c5ccc(-c6ccccc6)cc5[C@]5(C)CCCCC45C)cc4c1B3c1ccc(-c3ccccc3)cc1N4c1cccc3c1oc1ccccc13)c1ccccc12. The summed E-state index contributed by atoms with van der Waals surface area (Å²) in [6, 6.07) is 90.5. The van der Waals surface area contributed by atoms with E-state index in [1.165, 1.54) is 148 Å². The van der Waals surface area contributed by atoms with Gasteiger partial charge < -0.3 is 24.0 Å². The fraction of sp³-hybridized carbons (Fsp3) is 0.195. The van der Waals surface area contributed by atoms with Crippen LogP contribution in [0.2, 0.25) is 0 Å². The van der Waals surface area contributed by atoms with Crippen molar-refractivity contribution in [3.63, 3.8) is 0 Å². The number of hydrogen-bond acceptors (Lipinski definition) is 6. The number of hydrogen-bond donors (Lipinski definition) is 0. The van der Waals surface area contributed by atoms with Crippen LogP contribution in [0.4, 0.5) is 56.9 Å². The van der Waals surface area contributed by atoms with Crippen molar-refractivity contribution in [1.82, 2.24) is 0 Å². The van der Waals surface area contributed by atoms with Crippen molar-refractivity contribution in [1.29, 1.82) is 0 Å². The largest absolute Gasteiger partial charge is 0.454 e. The van der Waals surface area contributed by atoms with Crippen molar-refractivity contribution in [3.8, 4) is 22.3 Å². The minimum atomic E-state index is -0.249. The van der Waals surface area contributed by atoms with Gasteiger partial charge in [0.15, 0.2) is 5.58 Å². The summed E-state index contributed by atoms with van der Waals surface area (Å²) in [4.78, 5) is 11.0. The van der Waals surface area contributed by atoms with Gasteiger partial charge in [0.2, 0.25) is 0 Å². The van der Waals surface area contributed by atoms with Crippen molar-refractivity contribution in [2.75, 3.05) is 19.6 Å². The van der Waals surface area contributed by atoms with Gasteiger partial charge >= 0.3 is 0 Å². The zero-order chi connectivity index (χ0) is 59.1. The summed E-state index contributed by atoms with van der Waals surface area (Å²) in [5.74, 6) is 0. The molecule has 0 amide bonds. The van der Waals surface area contributed by atoms with Gasteiger partial charge in [-0.25, -0.2) is 0 Å². The molecule has 2 aromatic heterocycles. The molecular weight excluding hydrogens is 1100 g/mol. The third-order valence-corrected chi connectivity index (χ3v) is 24.3. The number of furan rings is 1. The summed E-state index contributed by atoms with van der Waals surface area (Å²) in [5.41, 5.74) is 25.1. The van der Waals surface area contributed by atoms with Gasteiger partial charge in [0.05, 0.1) is 27.2 Å². The highest BCUT2D eigenvalue weighted by molar-refractivity contribution is 7.26. The minimum Gasteiger partial charge on any atom is -0.454 e. The lowest BCUT2D eigenvalue weighted by molar-refractivity contribution is 0.195. The van der Waals surface area contributed by atoms with E-state index in [1.54, 1.807) is 0 Å². The maximum absolute atomic E-state index is 7.20.